The van der Waals surface area contributed by atoms with E-state index in [2.05, 4.69) is 9.64 Å². The van der Waals surface area contributed by atoms with Crippen molar-refractivity contribution < 1.29 is 26.8 Å². The third-order valence-electron chi connectivity index (χ3n) is 0. The normalized spacial score (nSPS) is 18.5. The summed E-state index contributed by atoms with van der Waals surface area (Å²) in [4.78, 5) is 0. The minimum atomic E-state index is -7.18. The molecule has 0 unspecified atom stereocenters. The van der Waals surface area contributed by atoms with Crippen molar-refractivity contribution in [2.45, 2.75) is 0 Å². The number of rotatable bonds is 0. The van der Waals surface area contributed by atoms with Crippen molar-refractivity contribution in [2.75, 3.05) is 0 Å². The van der Waals surface area contributed by atoms with Crippen molar-refractivity contribution >= 4 is 9.64 Å². The Morgan fingerprint density at radius 3 is 1.00 bits per heavy atom. The fourth-order valence-electron chi connectivity index (χ4n) is 0. The van der Waals surface area contributed by atoms with Crippen LogP contribution in [0.4, 0.5) is 0 Å². The molecule has 0 fully saturated rings. The van der Waals surface area contributed by atoms with Gasteiger partial charge in [0.15, 0.2) is 0 Å². The standard InChI is InChI=1S/ClH.4O.Os/h1H;;;;;/q;;;;;+1/p-1. The van der Waals surface area contributed by atoms with Gasteiger partial charge >= 0.3 is 36.4 Å². The molecule has 4 nitrogen and oxygen atoms in total. The Bertz CT molecular complexity index is 238. The average Bonchev–Trinajstić information content (AvgIpc) is 0.650. The van der Waals surface area contributed by atoms with Crippen LogP contribution in [0.2, 0.25) is 0 Å². The first-order chi connectivity index (χ1) is 2.24. The molecule has 0 rings (SSSR count). The molecule has 0 atom stereocenters. The summed E-state index contributed by atoms with van der Waals surface area (Å²) >= 11 is -7.18. The molecule has 0 saturated carbocycles. The molecule has 0 aromatic heterocycles. The fraction of sp³-hybridized carbons (Fsp3) is 0. The van der Waals surface area contributed by atoms with Crippen LogP contribution in [0.5, 0.6) is 0 Å². The van der Waals surface area contributed by atoms with E-state index < -0.39 is 12.6 Å². The zero-order chi connectivity index (χ0) is 5.45. The first kappa shape index (κ1) is 6.13. The zero-order valence-corrected chi connectivity index (χ0v) is 5.66. The summed E-state index contributed by atoms with van der Waals surface area (Å²) in [7, 11) is 3.76. The molecule has 0 amide bonds. The van der Waals surface area contributed by atoms with Gasteiger partial charge in [-0.25, -0.2) is 0 Å². The van der Waals surface area contributed by atoms with Crippen LogP contribution in [0, 0.1) is 0 Å². The van der Waals surface area contributed by atoms with E-state index in [1.807, 2.05) is 0 Å². The van der Waals surface area contributed by atoms with E-state index in [0.717, 1.165) is 0 Å². The average molecular weight is 290 g/mol. The molecule has 0 saturated heterocycles. The van der Waals surface area contributed by atoms with E-state index in [4.69, 9.17) is 14.2 Å². The second-order valence-corrected chi connectivity index (χ2v) is 8.25. The van der Waals surface area contributed by atoms with Crippen molar-refractivity contribution in [1.29, 1.82) is 0 Å². The molecular formula is ClO4Os. The Morgan fingerprint density at radius 2 is 1.00 bits per heavy atom. The van der Waals surface area contributed by atoms with Crippen molar-refractivity contribution in [3.05, 3.63) is 0 Å². The molecule has 0 aliphatic rings. The van der Waals surface area contributed by atoms with Gasteiger partial charge in [-0.05, 0) is 0 Å². The van der Waals surface area contributed by atoms with E-state index in [0.29, 0.717) is 0 Å². The zero-order valence-electron chi connectivity index (χ0n) is 2.36. The van der Waals surface area contributed by atoms with Crippen LogP contribution >= 0.6 is 9.64 Å². The van der Waals surface area contributed by atoms with Gasteiger partial charge in [0.2, 0.25) is 0 Å². The molecule has 39 valence electrons. The molecule has 0 aromatic carbocycles. The Morgan fingerprint density at radius 1 is 1.00 bits per heavy atom. The van der Waals surface area contributed by atoms with Crippen LogP contribution < -0.4 is 0 Å². The van der Waals surface area contributed by atoms with E-state index in [9.17, 15) is 0 Å². The van der Waals surface area contributed by atoms with Crippen LogP contribution in [0.1, 0.15) is 0 Å². The summed E-state index contributed by atoms with van der Waals surface area (Å²) in [5, 5.41) is 0. The predicted octanol–water partition coefficient (Wildman–Crippen LogP) is 0.212. The topological polar surface area (TPSA) is 68.3 Å². The van der Waals surface area contributed by atoms with Crippen LogP contribution in [-0.2, 0) is 26.8 Å². The van der Waals surface area contributed by atoms with Crippen molar-refractivity contribution in [3.8, 4) is 0 Å². The van der Waals surface area contributed by atoms with Gasteiger partial charge in [0, 0.05) is 0 Å². The summed E-state index contributed by atoms with van der Waals surface area (Å²) in [6, 6.07) is 0. The van der Waals surface area contributed by atoms with Gasteiger partial charge < -0.3 is 0 Å². The van der Waals surface area contributed by atoms with Gasteiger partial charge in [-0.2, -0.15) is 0 Å². The number of hydrogen-bond donors (Lipinski definition) is 0. The SMILES string of the molecule is [O]=[Os](=[O])(=[O])(=[O])[Cl]. The van der Waals surface area contributed by atoms with E-state index in [1.54, 1.807) is 0 Å². The predicted molar refractivity (Wildman–Crippen MR) is 8.60 cm³/mol. The molecule has 6 heteroatoms. The quantitative estimate of drug-likeness (QED) is 0.639. The van der Waals surface area contributed by atoms with Gasteiger partial charge in [-0.1, -0.05) is 0 Å². The molecular weight excluding hydrogens is 290 g/mol. The van der Waals surface area contributed by atoms with Crippen molar-refractivity contribution in [3.63, 3.8) is 0 Å². The summed E-state index contributed by atoms with van der Waals surface area (Å²) in [5.74, 6) is 0. The van der Waals surface area contributed by atoms with Crippen LogP contribution in [-0.4, -0.2) is 0 Å². The van der Waals surface area contributed by atoms with Gasteiger partial charge in [-0.15, -0.1) is 0 Å². The van der Waals surface area contributed by atoms with Gasteiger partial charge in [-0.3, -0.25) is 0 Å². The maximum absolute atomic E-state index is 8.98. The molecule has 0 bridgehead atoms. The molecule has 6 heavy (non-hydrogen) atoms. The molecule has 0 aliphatic heterocycles. The number of halogens is 1. The summed E-state index contributed by atoms with van der Waals surface area (Å²) in [6.07, 6.45) is 0. The van der Waals surface area contributed by atoms with Gasteiger partial charge in [0.05, 0.1) is 0 Å². The van der Waals surface area contributed by atoms with E-state index in [-0.39, 0.29) is 0 Å². The second kappa shape index (κ2) is 0.851. The molecule has 0 spiro atoms. The molecule has 0 aromatic rings. The Balaban J connectivity index is 6.26. The minimum absolute atomic E-state index is 3.76. The fourth-order valence-corrected chi connectivity index (χ4v) is 0. The van der Waals surface area contributed by atoms with E-state index >= 15 is 0 Å². The molecule has 0 aliphatic carbocycles. The van der Waals surface area contributed by atoms with Crippen LogP contribution in [0.15, 0.2) is 0 Å². The second-order valence-electron chi connectivity index (χ2n) is 0.572. The Labute approximate surface area is 37.0 Å². The van der Waals surface area contributed by atoms with Crippen LogP contribution in [0.25, 0.3) is 0 Å². The Kier molecular flexibility index (Phi) is 0.869. The molecule has 0 radical (unpaired) electrons. The Hall–Kier alpha value is 0.126. The van der Waals surface area contributed by atoms with Crippen molar-refractivity contribution in [2.24, 2.45) is 0 Å². The first-order valence-corrected chi connectivity index (χ1v) is 8.01. The third kappa shape index (κ3) is 2530. The number of hydrogen-bond acceptors (Lipinski definition) is 4. The van der Waals surface area contributed by atoms with E-state index in [1.165, 1.54) is 0 Å². The van der Waals surface area contributed by atoms with Crippen LogP contribution in [0.3, 0.4) is 0 Å². The van der Waals surface area contributed by atoms with Gasteiger partial charge in [0.25, 0.3) is 0 Å². The first-order valence-electron chi connectivity index (χ1n) is 0.711. The molecule has 0 heterocycles. The summed E-state index contributed by atoms with van der Waals surface area (Å²) in [5.41, 5.74) is 0. The monoisotopic (exact) mass is 291 g/mol. The summed E-state index contributed by atoms with van der Waals surface area (Å²) < 4.78 is 35.9. The third-order valence-corrected chi connectivity index (χ3v) is 0. The summed E-state index contributed by atoms with van der Waals surface area (Å²) in [6.45, 7) is 0. The van der Waals surface area contributed by atoms with Crippen molar-refractivity contribution in [1.82, 2.24) is 0 Å². The maximum atomic E-state index is 8.98. The van der Waals surface area contributed by atoms with Gasteiger partial charge in [0.1, 0.15) is 0 Å². The molecule has 0 N–H and O–H groups in total.